The molecule has 1 aromatic heterocycles. The Morgan fingerprint density at radius 2 is 1.83 bits per heavy atom. The number of nitrogens with one attached hydrogen (secondary N) is 1. The van der Waals surface area contributed by atoms with Crippen LogP contribution in [0.3, 0.4) is 0 Å². The minimum atomic E-state index is -3.72. The van der Waals surface area contributed by atoms with E-state index in [1.807, 2.05) is 0 Å². The van der Waals surface area contributed by atoms with Crippen LogP contribution in [0.4, 0.5) is 5.69 Å². The van der Waals surface area contributed by atoms with Gasteiger partial charge in [0, 0.05) is 6.21 Å². The molecule has 0 aliphatic heterocycles. The third-order valence-electron chi connectivity index (χ3n) is 3.82. The number of carbonyl (C=O) groups excluding carboxylic acids is 1. The van der Waals surface area contributed by atoms with Crippen LogP contribution < -0.4 is 15.2 Å². The van der Waals surface area contributed by atoms with Crippen molar-refractivity contribution in [2.24, 2.45) is 10.1 Å². The molecular weight excluding hydrogens is 394 g/mol. The molecule has 3 rings (SSSR count). The van der Waals surface area contributed by atoms with Crippen molar-refractivity contribution >= 4 is 27.8 Å². The van der Waals surface area contributed by atoms with Crippen molar-refractivity contribution in [3.63, 3.8) is 0 Å². The third kappa shape index (κ3) is 6.30. The lowest BCUT2D eigenvalue weighted by Crippen LogP contribution is -2.28. The number of benzene rings is 2. The molecule has 3 N–H and O–H groups in total. The number of ether oxygens (including phenoxy) is 1. The number of aliphatic imine (C=N–C) groups is 1. The van der Waals surface area contributed by atoms with Gasteiger partial charge in [-0.1, -0.05) is 0 Å². The molecule has 150 valence electrons. The normalized spacial score (nSPS) is 11.5. The van der Waals surface area contributed by atoms with Gasteiger partial charge in [0.1, 0.15) is 11.5 Å². The van der Waals surface area contributed by atoms with Gasteiger partial charge in [0.25, 0.3) is 5.91 Å². The monoisotopic (exact) mass is 413 g/mol. The van der Waals surface area contributed by atoms with Gasteiger partial charge in [-0.25, -0.2) is 13.6 Å². The highest BCUT2D eigenvalue weighted by Gasteiger charge is 2.06. The number of nitrogens with zero attached hydrogens (tertiary/aromatic N) is 1. The minimum absolute atomic E-state index is 0.0335. The molecule has 0 atom stereocenters. The van der Waals surface area contributed by atoms with E-state index in [1.54, 1.807) is 61.0 Å². The first-order chi connectivity index (χ1) is 13.9. The van der Waals surface area contributed by atoms with Crippen molar-refractivity contribution in [2.75, 3.05) is 6.61 Å². The molecule has 0 fully saturated rings. The van der Waals surface area contributed by atoms with Crippen LogP contribution in [0.2, 0.25) is 0 Å². The van der Waals surface area contributed by atoms with Crippen molar-refractivity contribution < 1.29 is 22.4 Å². The molecule has 0 aliphatic rings. The highest BCUT2D eigenvalue weighted by atomic mass is 32.2. The highest BCUT2D eigenvalue weighted by Crippen LogP contribution is 2.16. The van der Waals surface area contributed by atoms with Gasteiger partial charge < -0.3 is 14.5 Å². The molecule has 2 aromatic carbocycles. The summed E-state index contributed by atoms with van der Waals surface area (Å²) < 4.78 is 33.1. The largest absolute Gasteiger partial charge is 0.484 e. The molecular formula is C20H19N3O5S. The van der Waals surface area contributed by atoms with Gasteiger partial charge in [-0.3, -0.25) is 9.79 Å². The number of carbonyl (C=O) groups is 1. The second-order valence-electron chi connectivity index (χ2n) is 6.01. The van der Waals surface area contributed by atoms with Crippen molar-refractivity contribution in [2.45, 2.75) is 11.4 Å². The summed E-state index contributed by atoms with van der Waals surface area (Å²) in [5.74, 6) is 0.962. The van der Waals surface area contributed by atoms with Gasteiger partial charge in [-0.15, -0.1) is 0 Å². The number of furan rings is 1. The van der Waals surface area contributed by atoms with E-state index in [-0.39, 0.29) is 17.4 Å². The quantitative estimate of drug-likeness (QED) is 0.549. The van der Waals surface area contributed by atoms with E-state index in [9.17, 15) is 13.2 Å². The van der Waals surface area contributed by atoms with E-state index < -0.39 is 10.0 Å². The van der Waals surface area contributed by atoms with Crippen LogP contribution in [0.5, 0.6) is 5.75 Å². The zero-order valence-electron chi connectivity index (χ0n) is 15.3. The lowest BCUT2D eigenvalue weighted by molar-refractivity contribution is -0.123. The minimum Gasteiger partial charge on any atom is -0.484 e. The first-order valence-electron chi connectivity index (χ1n) is 8.59. The molecule has 1 amide bonds. The first-order valence-corrected chi connectivity index (χ1v) is 10.1. The summed E-state index contributed by atoms with van der Waals surface area (Å²) in [6, 6.07) is 16.5. The lowest BCUT2D eigenvalue weighted by atomic mass is 10.2. The van der Waals surface area contributed by atoms with E-state index in [1.165, 1.54) is 12.1 Å². The van der Waals surface area contributed by atoms with Crippen LogP contribution >= 0.6 is 0 Å². The second-order valence-corrected chi connectivity index (χ2v) is 7.57. The summed E-state index contributed by atoms with van der Waals surface area (Å²) in [4.78, 5) is 16.1. The van der Waals surface area contributed by atoms with Crippen molar-refractivity contribution in [3.8, 4) is 5.75 Å². The van der Waals surface area contributed by atoms with E-state index in [0.29, 0.717) is 23.7 Å². The molecule has 29 heavy (non-hydrogen) atoms. The summed E-state index contributed by atoms with van der Waals surface area (Å²) in [6.07, 6.45) is 3.17. The number of sulfonamides is 1. The number of hydrogen-bond donors (Lipinski definition) is 2. The van der Waals surface area contributed by atoms with Gasteiger partial charge in [0.05, 0.1) is 23.4 Å². The zero-order valence-corrected chi connectivity index (χ0v) is 16.1. The average molecular weight is 413 g/mol. The van der Waals surface area contributed by atoms with E-state index in [0.717, 1.165) is 5.56 Å². The molecule has 9 heteroatoms. The van der Waals surface area contributed by atoms with E-state index >= 15 is 0 Å². The molecule has 0 aliphatic carbocycles. The number of primary sulfonamides is 1. The molecule has 0 radical (unpaired) electrons. The zero-order chi connectivity index (χ0) is 20.7. The van der Waals surface area contributed by atoms with E-state index in [4.69, 9.17) is 14.3 Å². The smallest absolute Gasteiger partial charge is 0.258 e. The Labute approximate surface area is 168 Å². The molecule has 0 saturated carbocycles. The van der Waals surface area contributed by atoms with Crippen molar-refractivity contribution in [1.82, 2.24) is 5.32 Å². The fourth-order valence-corrected chi connectivity index (χ4v) is 2.84. The molecule has 8 nitrogen and oxygen atoms in total. The maximum absolute atomic E-state index is 11.8. The molecule has 0 saturated heterocycles. The maximum Gasteiger partial charge on any atom is 0.258 e. The van der Waals surface area contributed by atoms with Gasteiger partial charge >= 0.3 is 0 Å². The van der Waals surface area contributed by atoms with Crippen LogP contribution in [-0.4, -0.2) is 27.1 Å². The Bertz CT molecular complexity index is 1070. The Balaban J connectivity index is 1.49. The fourth-order valence-electron chi connectivity index (χ4n) is 2.32. The highest BCUT2D eigenvalue weighted by molar-refractivity contribution is 7.89. The summed E-state index contributed by atoms with van der Waals surface area (Å²) in [7, 11) is -3.72. The number of hydrogen-bond acceptors (Lipinski definition) is 6. The summed E-state index contributed by atoms with van der Waals surface area (Å²) >= 11 is 0. The molecule has 3 aromatic rings. The predicted molar refractivity (Wildman–Crippen MR) is 108 cm³/mol. The number of amides is 1. The van der Waals surface area contributed by atoms with Gasteiger partial charge in [-0.2, -0.15) is 0 Å². The van der Waals surface area contributed by atoms with Crippen LogP contribution in [-0.2, 0) is 21.4 Å². The average Bonchev–Trinajstić information content (AvgIpc) is 3.23. The standard InChI is InChI=1S/C20H19N3O5S/c21-29(25,26)19-9-5-16(6-10-19)22-12-15-3-7-17(8-4-15)28-14-20(24)23-13-18-2-1-11-27-18/h1-12H,13-14H2,(H,23,24)(H2,21,25,26). The van der Waals surface area contributed by atoms with Crippen LogP contribution in [0.25, 0.3) is 0 Å². The van der Waals surface area contributed by atoms with Gasteiger partial charge in [0.15, 0.2) is 6.61 Å². The summed E-state index contributed by atoms with van der Waals surface area (Å²) in [5.41, 5.74) is 1.40. The maximum atomic E-state index is 11.8. The summed E-state index contributed by atoms with van der Waals surface area (Å²) in [6.45, 7) is 0.202. The second kappa shape index (κ2) is 9.18. The Kier molecular flexibility index (Phi) is 6.43. The van der Waals surface area contributed by atoms with Crippen molar-refractivity contribution in [3.05, 3.63) is 78.3 Å². The molecule has 0 bridgehead atoms. The van der Waals surface area contributed by atoms with Crippen LogP contribution in [0.15, 0.2) is 81.2 Å². The van der Waals surface area contributed by atoms with Crippen LogP contribution in [0.1, 0.15) is 11.3 Å². The summed E-state index contributed by atoms with van der Waals surface area (Å²) in [5, 5.41) is 7.75. The van der Waals surface area contributed by atoms with E-state index in [2.05, 4.69) is 10.3 Å². The topological polar surface area (TPSA) is 124 Å². The van der Waals surface area contributed by atoms with Crippen LogP contribution in [0, 0.1) is 0 Å². The van der Waals surface area contributed by atoms with Gasteiger partial charge in [-0.05, 0) is 66.2 Å². The number of rotatable bonds is 8. The third-order valence-corrected chi connectivity index (χ3v) is 4.75. The van der Waals surface area contributed by atoms with Gasteiger partial charge in [0.2, 0.25) is 10.0 Å². The molecule has 1 heterocycles. The SMILES string of the molecule is NS(=O)(=O)c1ccc(N=Cc2ccc(OCC(=O)NCc3ccco3)cc2)cc1. The Hall–Kier alpha value is -3.43. The molecule has 0 unspecified atom stereocenters. The first kappa shape index (κ1) is 20.3. The lowest BCUT2D eigenvalue weighted by Gasteiger charge is -2.06. The Morgan fingerprint density at radius 3 is 2.45 bits per heavy atom. The predicted octanol–water partition coefficient (Wildman–Crippen LogP) is 2.37. The van der Waals surface area contributed by atoms with Crippen molar-refractivity contribution in [1.29, 1.82) is 0 Å². The molecule has 0 spiro atoms. The fraction of sp³-hybridized carbons (Fsp3) is 0.100. The number of nitrogens with two attached hydrogens (primary N) is 1. The Morgan fingerprint density at radius 1 is 1.10 bits per heavy atom.